The van der Waals surface area contributed by atoms with Crippen LogP contribution >= 0.6 is 11.8 Å². The van der Waals surface area contributed by atoms with Gasteiger partial charge in [-0.1, -0.05) is 60.7 Å². The molecule has 0 unspecified atom stereocenters. The van der Waals surface area contributed by atoms with Gasteiger partial charge in [0.2, 0.25) is 0 Å². The summed E-state index contributed by atoms with van der Waals surface area (Å²) in [5, 5.41) is 19.8. The highest BCUT2D eigenvalue weighted by Crippen LogP contribution is 2.35. The Balaban J connectivity index is 1.63. The molecule has 1 aliphatic rings. The Labute approximate surface area is 165 Å². The van der Waals surface area contributed by atoms with Crippen LogP contribution in [0.25, 0.3) is 0 Å². The summed E-state index contributed by atoms with van der Waals surface area (Å²) in [6.45, 7) is 1.14. The van der Waals surface area contributed by atoms with E-state index in [0.29, 0.717) is 25.4 Å². The maximum Gasteiger partial charge on any atom is 0.0989 e. The lowest BCUT2D eigenvalue weighted by atomic mass is 10.0. The standard InChI is InChI=1S/C22H28O4S/c23-13-7-12-20(25-14-17-8-3-1-4-9-17)22-21(19(24)16-27-22)26-15-18-10-5-2-6-11-18/h1-6,8-11,19-24H,7,12-16H2/t19-,20-,21-,22-/m1/s1. The highest BCUT2D eigenvalue weighted by atomic mass is 32.2. The molecule has 1 saturated heterocycles. The number of hydrogen-bond acceptors (Lipinski definition) is 5. The van der Waals surface area contributed by atoms with Crippen molar-refractivity contribution in [2.45, 2.75) is 49.6 Å². The summed E-state index contributed by atoms with van der Waals surface area (Å²) in [7, 11) is 0. The van der Waals surface area contributed by atoms with Crippen LogP contribution in [0, 0.1) is 0 Å². The highest BCUT2D eigenvalue weighted by Gasteiger charge is 2.41. The van der Waals surface area contributed by atoms with Crippen molar-refractivity contribution in [2.24, 2.45) is 0 Å². The molecule has 2 N–H and O–H groups in total. The molecule has 1 heterocycles. The molecule has 4 nitrogen and oxygen atoms in total. The van der Waals surface area contributed by atoms with Gasteiger partial charge in [-0.05, 0) is 24.0 Å². The van der Waals surface area contributed by atoms with Crippen LogP contribution in [0.4, 0.5) is 0 Å². The topological polar surface area (TPSA) is 58.9 Å². The molecule has 1 aliphatic heterocycles. The first kappa shape index (κ1) is 20.4. The molecule has 5 heteroatoms. The SMILES string of the molecule is OCCC[C@@H](OCc1ccccc1)[C@H]1SC[C@@H](O)[C@H]1OCc1ccccc1. The molecule has 0 aliphatic carbocycles. The van der Waals surface area contributed by atoms with E-state index >= 15 is 0 Å². The zero-order chi connectivity index (χ0) is 18.9. The van der Waals surface area contributed by atoms with E-state index in [1.807, 2.05) is 60.7 Å². The minimum Gasteiger partial charge on any atom is -0.396 e. The summed E-state index contributed by atoms with van der Waals surface area (Å²) >= 11 is 1.71. The largest absolute Gasteiger partial charge is 0.396 e. The summed E-state index contributed by atoms with van der Waals surface area (Å²) in [5.74, 6) is 0.647. The molecule has 0 bridgehead atoms. The molecule has 0 saturated carbocycles. The first-order chi connectivity index (χ1) is 13.3. The van der Waals surface area contributed by atoms with E-state index in [-0.39, 0.29) is 24.1 Å². The Morgan fingerprint density at radius 3 is 2.22 bits per heavy atom. The van der Waals surface area contributed by atoms with Gasteiger partial charge in [0.05, 0.1) is 36.8 Å². The van der Waals surface area contributed by atoms with Crippen molar-refractivity contribution >= 4 is 11.8 Å². The molecule has 27 heavy (non-hydrogen) atoms. The van der Waals surface area contributed by atoms with E-state index < -0.39 is 6.10 Å². The predicted octanol–water partition coefficient (Wildman–Crippen LogP) is 3.41. The Hall–Kier alpha value is -1.37. The molecule has 146 valence electrons. The smallest absolute Gasteiger partial charge is 0.0989 e. The molecule has 3 rings (SSSR count). The molecule has 2 aromatic carbocycles. The molecule has 0 aromatic heterocycles. The summed E-state index contributed by atoms with van der Waals surface area (Å²) in [6, 6.07) is 20.1. The Bertz CT molecular complexity index is 652. The monoisotopic (exact) mass is 388 g/mol. The Morgan fingerprint density at radius 2 is 1.59 bits per heavy atom. The number of aliphatic hydroxyl groups is 2. The fourth-order valence-electron chi connectivity index (χ4n) is 3.32. The summed E-state index contributed by atoms with van der Waals surface area (Å²) in [5.41, 5.74) is 2.22. The summed E-state index contributed by atoms with van der Waals surface area (Å²) < 4.78 is 12.3. The fraction of sp³-hybridized carbons (Fsp3) is 0.455. The molecule has 1 fully saturated rings. The number of benzene rings is 2. The van der Waals surface area contributed by atoms with Crippen LogP contribution in [0.5, 0.6) is 0 Å². The second-order valence-electron chi connectivity index (χ2n) is 6.83. The van der Waals surface area contributed by atoms with Crippen LogP contribution in [-0.4, -0.2) is 46.1 Å². The van der Waals surface area contributed by atoms with Gasteiger partial charge in [0.25, 0.3) is 0 Å². The van der Waals surface area contributed by atoms with Crippen molar-refractivity contribution in [1.29, 1.82) is 0 Å². The van der Waals surface area contributed by atoms with Gasteiger partial charge in [0.1, 0.15) is 0 Å². The number of hydrogen-bond donors (Lipinski definition) is 2. The average molecular weight is 389 g/mol. The second-order valence-corrected chi connectivity index (χ2v) is 8.04. The zero-order valence-electron chi connectivity index (χ0n) is 15.4. The highest BCUT2D eigenvalue weighted by molar-refractivity contribution is 8.00. The van der Waals surface area contributed by atoms with Crippen LogP contribution in [0.2, 0.25) is 0 Å². The molecule has 2 aromatic rings. The molecule has 4 atom stereocenters. The van der Waals surface area contributed by atoms with Gasteiger partial charge < -0.3 is 19.7 Å². The van der Waals surface area contributed by atoms with Gasteiger partial charge in [-0.25, -0.2) is 0 Å². The summed E-state index contributed by atoms with van der Waals surface area (Å²) in [4.78, 5) is 0. The van der Waals surface area contributed by atoms with Gasteiger partial charge in [-0.2, -0.15) is 11.8 Å². The molecule has 0 spiro atoms. The first-order valence-corrected chi connectivity index (χ1v) is 10.5. The van der Waals surface area contributed by atoms with E-state index in [1.54, 1.807) is 11.8 Å². The third kappa shape index (κ3) is 6.06. The maximum absolute atomic E-state index is 10.4. The third-order valence-electron chi connectivity index (χ3n) is 4.77. The van der Waals surface area contributed by atoms with Crippen LogP contribution in [-0.2, 0) is 22.7 Å². The van der Waals surface area contributed by atoms with Crippen molar-refractivity contribution in [3.8, 4) is 0 Å². The molecule has 0 radical (unpaired) electrons. The van der Waals surface area contributed by atoms with Gasteiger partial charge in [-0.3, -0.25) is 0 Å². The quantitative estimate of drug-likeness (QED) is 0.653. The lowest BCUT2D eigenvalue weighted by Crippen LogP contribution is -2.40. The van der Waals surface area contributed by atoms with Crippen molar-refractivity contribution in [3.63, 3.8) is 0 Å². The lowest BCUT2D eigenvalue weighted by Gasteiger charge is -2.29. The average Bonchev–Trinajstić information content (AvgIpc) is 3.08. The van der Waals surface area contributed by atoms with E-state index in [4.69, 9.17) is 9.47 Å². The molecular formula is C22H28O4S. The van der Waals surface area contributed by atoms with Gasteiger partial charge >= 0.3 is 0 Å². The van der Waals surface area contributed by atoms with Crippen molar-refractivity contribution in [3.05, 3.63) is 71.8 Å². The van der Waals surface area contributed by atoms with Gasteiger partial charge in [0.15, 0.2) is 0 Å². The van der Waals surface area contributed by atoms with Crippen molar-refractivity contribution < 1.29 is 19.7 Å². The van der Waals surface area contributed by atoms with Crippen LogP contribution in [0.1, 0.15) is 24.0 Å². The van der Waals surface area contributed by atoms with E-state index in [1.165, 1.54) is 0 Å². The van der Waals surface area contributed by atoms with Crippen LogP contribution in [0.15, 0.2) is 60.7 Å². The minimum atomic E-state index is -0.499. The van der Waals surface area contributed by atoms with E-state index in [2.05, 4.69) is 0 Å². The number of ether oxygens (including phenoxy) is 2. The first-order valence-electron chi connectivity index (χ1n) is 9.49. The van der Waals surface area contributed by atoms with Crippen LogP contribution in [0.3, 0.4) is 0 Å². The predicted molar refractivity (Wildman–Crippen MR) is 109 cm³/mol. The second kappa shape index (κ2) is 10.8. The van der Waals surface area contributed by atoms with Crippen molar-refractivity contribution in [2.75, 3.05) is 12.4 Å². The summed E-state index contributed by atoms with van der Waals surface area (Å²) in [6.07, 6.45) is 0.590. The fourth-order valence-corrected chi connectivity index (χ4v) is 4.81. The number of thioether (sulfide) groups is 1. The molecular weight excluding hydrogens is 360 g/mol. The normalized spacial score (nSPS) is 23.4. The Kier molecular flexibility index (Phi) is 8.17. The maximum atomic E-state index is 10.4. The van der Waals surface area contributed by atoms with Crippen molar-refractivity contribution in [1.82, 2.24) is 0 Å². The third-order valence-corrected chi connectivity index (χ3v) is 6.26. The van der Waals surface area contributed by atoms with E-state index in [9.17, 15) is 10.2 Å². The molecule has 0 amide bonds. The Morgan fingerprint density at radius 1 is 0.963 bits per heavy atom. The zero-order valence-corrected chi connectivity index (χ0v) is 16.3. The van der Waals surface area contributed by atoms with E-state index in [0.717, 1.165) is 17.5 Å². The number of rotatable bonds is 10. The minimum absolute atomic E-state index is 0.0546. The van der Waals surface area contributed by atoms with Gasteiger partial charge in [0, 0.05) is 12.4 Å². The van der Waals surface area contributed by atoms with Crippen LogP contribution < -0.4 is 0 Å². The number of aliphatic hydroxyl groups excluding tert-OH is 2. The lowest BCUT2D eigenvalue weighted by molar-refractivity contribution is -0.0644. The van der Waals surface area contributed by atoms with Gasteiger partial charge in [-0.15, -0.1) is 0 Å².